The molecular formula is C14H16ClNO. The molecule has 0 N–H and O–H groups in total. The number of benzene rings is 1. The molecule has 17 heavy (non-hydrogen) atoms. The summed E-state index contributed by atoms with van der Waals surface area (Å²) in [7, 11) is 0. The van der Waals surface area contributed by atoms with Gasteiger partial charge in [-0.1, -0.05) is 23.7 Å². The van der Waals surface area contributed by atoms with E-state index >= 15 is 0 Å². The summed E-state index contributed by atoms with van der Waals surface area (Å²) in [5, 5.41) is 0.748. The van der Waals surface area contributed by atoms with E-state index in [-0.39, 0.29) is 11.3 Å². The molecule has 1 aliphatic rings. The Kier molecular flexibility index (Phi) is 3.25. The van der Waals surface area contributed by atoms with Gasteiger partial charge in [-0.2, -0.15) is 0 Å². The van der Waals surface area contributed by atoms with E-state index in [1.165, 1.54) is 5.56 Å². The molecular weight excluding hydrogens is 234 g/mol. The van der Waals surface area contributed by atoms with Crippen LogP contribution in [0.25, 0.3) is 0 Å². The van der Waals surface area contributed by atoms with Crippen molar-refractivity contribution >= 4 is 17.4 Å². The Balaban J connectivity index is 2.15. The Hall–Kier alpha value is -1.28. The number of halogens is 1. The number of carbonyl (C=O) groups excluding carboxylic acids is 1. The first-order valence-electron chi connectivity index (χ1n) is 5.70. The van der Waals surface area contributed by atoms with E-state index in [0.29, 0.717) is 6.42 Å². The minimum absolute atomic E-state index is 0.120. The number of rotatable bonds is 2. The molecule has 3 heteroatoms. The highest BCUT2D eigenvalue weighted by Gasteiger charge is 2.29. The lowest BCUT2D eigenvalue weighted by atomic mass is 9.92. The lowest BCUT2D eigenvalue weighted by Crippen LogP contribution is -2.43. The van der Waals surface area contributed by atoms with Crippen LogP contribution in [-0.4, -0.2) is 16.2 Å². The first kappa shape index (κ1) is 12.2. The van der Waals surface area contributed by atoms with Gasteiger partial charge < -0.3 is 4.90 Å². The predicted octanol–water partition coefficient (Wildman–Crippen LogP) is 3.41. The summed E-state index contributed by atoms with van der Waals surface area (Å²) in [4.78, 5) is 13.6. The fourth-order valence-electron chi connectivity index (χ4n) is 2.01. The molecule has 0 unspecified atom stereocenters. The maximum Gasteiger partial charge on any atom is 0.159 e. The Morgan fingerprint density at radius 2 is 1.94 bits per heavy atom. The molecule has 2 nitrogen and oxygen atoms in total. The largest absolute Gasteiger partial charge is 0.367 e. The molecule has 1 aliphatic heterocycles. The van der Waals surface area contributed by atoms with Gasteiger partial charge in [0.15, 0.2) is 5.78 Å². The number of nitrogens with zero attached hydrogens (tertiary/aromatic N) is 1. The van der Waals surface area contributed by atoms with Crippen molar-refractivity contribution in [3.63, 3.8) is 0 Å². The SMILES string of the molecule is CC1(C)CC(=O)C=CN1Cc1ccc(Cl)cc1. The van der Waals surface area contributed by atoms with Crippen LogP contribution in [0.5, 0.6) is 0 Å². The van der Waals surface area contributed by atoms with E-state index in [1.54, 1.807) is 6.08 Å². The Morgan fingerprint density at radius 1 is 1.29 bits per heavy atom. The molecule has 0 saturated heterocycles. The Labute approximate surface area is 107 Å². The summed E-state index contributed by atoms with van der Waals surface area (Å²) in [6.45, 7) is 4.97. The molecule has 1 aromatic carbocycles. The van der Waals surface area contributed by atoms with Crippen LogP contribution in [0.15, 0.2) is 36.5 Å². The number of allylic oxidation sites excluding steroid dienone is 1. The Bertz CT molecular complexity index is 448. The van der Waals surface area contributed by atoms with Gasteiger partial charge >= 0.3 is 0 Å². The topological polar surface area (TPSA) is 20.3 Å². The zero-order valence-corrected chi connectivity index (χ0v) is 10.9. The molecule has 90 valence electrons. The van der Waals surface area contributed by atoms with Gasteiger partial charge in [-0.3, -0.25) is 4.79 Å². The number of hydrogen-bond acceptors (Lipinski definition) is 2. The van der Waals surface area contributed by atoms with Crippen molar-refractivity contribution in [1.82, 2.24) is 4.90 Å². The zero-order chi connectivity index (χ0) is 12.5. The lowest BCUT2D eigenvalue weighted by molar-refractivity contribution is -0.117. The van der Waals surface area contributed by atoms with Crippen LogP contribution >= 0.6 is 11.6 Å². The number of carbonyl (C=O) groups is 1. The van der Waals surface area contributed by atoms with Crippen molar-refractivity contribution in [2.75, 3.05) is 0 Å². The standard InChI is InChI=1S/C14H16ClNO/c1-14(2)9-13(17)7-8-16(14)10-11-3-5-12(15)6-4-11/h3-8H,9-10H2,1-2H3. The highest BCUT2D eigenvalue weighted by molar-refractivity contribution is 6.30. The molecule has 0 spiro atoms. The van der Waals surface area contributed by atoms with Crippen molar-refractivity contribution in [1.29, 1.82) is 0 Å². The minimum atomic E-state index is -0.120. The average molecular weight is 250 g/mol. The van der Waals surface area contributed by atoms with Gasteiger partial charge in [0.1, 0.15) is 0 Å². The van der Waals surface area contributed by atoms with Crippen molar-refractivity contribution in [2.24, 2.45) is 0 Å². The van der Waals surface area contributed by atoms with Gasteiger partial charge in [0, 0.05) is 29.7 Å². The van der Waals surface area contributed by atoms with Gasteiger partial charge in [-0.15, -0.1) is 0 Å². The second-order valence-electron chi connectivity index (χ2n) is 5.03. The van der Waals surface area contributed by atoms with Crippen molar-refractivity contribution in [3.05, 3.63) is 47.1 Å². The van der Waals surface area contributed by atoms with E-state index < -0.39 is 0 Å². The minimum Gasteiger partial charge on any atom is -0.367 e. The van der Waals surface area contributed by atoms with E-state index in [4.69, 9.17) is 11.6 Å². The van der Waals surface area contributed by atoms with Crippen LogP contribution in [0.1, 0.15) is 25.8 Å². The normalized spacial score (nSPS) is 18.5. The van der Waals surface area contributed by atoms with Gasteiger partial charge in [0.2, 0.25) is 0 Å². The second-order valence-corrected chi connectivity index (χ2v) is 5.46. The van der Waals surface area contributed by atoms with E-state index in [0.717, 1.165) is 11.6 Å². The highest BCUT2D eigenvalue weighted by atomic mass is 35.5. The fraction of sp³-hybridized carbons (Fsp3) is 0.357. The van der Waals surface area contributed by atoms with Crippen LogP contribution in [0, 0.1) is 0 Å². The van der Waals surface area contributed by atoms with Crippen LogP contribution < -0.4 is 0 Å². The van der Waals surface area contributed by atoms with Gasteiger partial charge in [-0.05, 0) is 37.6 Å². The van der Waals surface area contributed by atoms with Crippen molar-refractivity contribution in [3.8, 4) is 0 Å². The predicted molar refractivity (Wildman–Crippen MR) is 69.8 cm³/mol. The molecule has 0 amide bonds. The molecule has 0 aliphatic carbocycles. The van der Waals surface area contributed by atoms with E-state index in [9.17, 15) is 4.79 Å². The molecule has 0 fully saturated rings. The molecule has 1 heterocycles. The molecule has 2 rings (SSSR count). The first-order chi connectivity index (χ1) is 7.97. The molecule has 0 radical (unpaired) electrons. The third-order valence-corrected chi connectivity index (χ3v) is 3.34. The van der Waals surface area contributed by atoms with Gasteiger partial charge in [-0.25, -0.2) is 0 Å². The molecule has 0 saturated carbocycles. The molecule has 0 aromatic heterocycles. The van der Waals surface area contributed by atoms with Crippen LogP contribution in [0.3, 0.4) is 0 Å². The van der Waals surface area contributed by atoms with Crippen molar-refractivity contribution < 1.29 is 4.79 Å². The molecule has 0 atom stereocenters. The van der Waals surface area contributed by atoms with E-state index in [2.05, 4.69) is 18.7 Å². The van der Waals surface area contributed by atoms with E-state index in [1.807, 2.05) is 30.5 Å². The monoisotopic (exact) mass is 249 g/mol. The number of hydrogen-bond donors (Lipinski definition) is 0. The quantitative estimate of drug-likeness (QED) is 0.801. The summed E-state index contributed by atoms with van der Waals surface area (Å²) in [5.74, 6) is 0.197. The average Bonchev–Trinajstić information content (AvgIpc) is 2.24. The highest BCUT2D eigenvalue weighted by Crippen LogP contribution is 2.26. The van der Waals surface area contributed by atoms with Crippen molar-refractivity contribution in [2.45, 2.75) is 32.4 Å². The fourth-order valence-corrected chi connectivity index (χ4v) is 2.14. The summed E-state index contributed by atoms with van der Waals surface area (Å²) in [5.41, 5.74) is 1.08. The summed E-state index contributed by atoms with van der Waals surface area (Å²) in [6.07, 6.45) is 4.11. The van der Waals surface area contributed by atoms with Crippen LogP contribution in [0.4, 0.5) is 0 Å². The van der Waals surface area contributed by atoms with Gasteiger partial charge in [0.25, 0.3) is 0 Å². The van der Waals surface area contributed by atoms with Crippen LogP contribution in [-0.2, 0) is 11.3 Å². The Morgan fingerprint density at radius 3 is 2.53 bits per heavy atom. The summed E-state index contributed by atoms with van der Waals surface area (Å²) >= 11 is 5.86. The summed E-state index contributed by atoms with van der Waals surface area (Å²) < 4.78 is 0. The maximum absolute atomic E-state index is 11.4. The molecule has 1 aromatic rings. The van der Waals surface area contributed by atoms with Crippen LogP contribution in [0.2, 0.25) is 5.02 Å². The first-order valence-corrected chi connectivity index (χ1v) is 6.07. The second kappa shape index (κ2) is 4.53. The summed E-state index contributed by atoms with van der Waals surface area (Å²) in [6, 6.07) is 7.82. The lowest BCUT2D eigenvalue weighted by Gasteiger charge is -2.39. The van der Waals surface area contributed by atoms with Gasteiger partial charge in [0.05, 0.1) is 0 Å². The molecule has 0 bridgehead atoms. The number of ketones is 1. The smallest absolute Gasteiger partial charge is 0.159 e. The zero-order valence-electron chi connectivity index (χ0n) is 10.1. The third-order valence-electron chi connectivity index (χ3n) is 3.09. The third kappa shape index (κ3) is 2.89. The maximum atomic E-state index is 11.4.